The molecule has 1 aliphatic heterocycles. The van der Waals surface area contributed by atoms with Gasteiger partial charge in [-0.1, -0.05) is 60.2 Å². The summed E-state index contributed by atoms with van der Waals surface area (Å²) < 4.78 is 5.97. The molecule has 1 heterocycles. The maximum absolute atomic E-state index is 11.7. The van der Waals surface area contributed by atoms with Crippen molar-refractivity contribution in [2.24, 2.45) is 5.92 Å². The minimum atomic E-state index is -0.260. The molecule has 5 nitrogen and oxygen atoms in total. The lowest BCUT2D eigenvalue weighted by atomic mass is 9.75. The summed E-state index contributed by atoms with van der Waals surface area (Å²) in [6.45, 7) is 4.62. The van der Waals surface area contributed by atoms with Crippen molar-refractivity contribution < 1.29 is 9.66 Å². The fourth-order valence-electron chi connectivity index (χ4n) is 4.95. The molecule has 3 aromatic carbocycles. The first kappa shape index (κ1) is 20.3. The van der Waals surface area contributed by atoms with Gasteiger partial charge in [0.25, 0.3) is 5.69 Å². The second kappa shape index (κ2) is 8.15. The van der Waals surface area contributed by atoms with Crippen LogP contribution < -0.4 is 10.1 Å². The molecule has 0 amide bonds. The third-order valence-corrected chi connectivity index (χ3v) is 6.67. The van der Waals surface area contributed by atoms with E-state index >= 15 is 0 Å². The van der Waals surface area contributed by atoms with E-state index in [1.165, 1.54) is 11.1 Å². The van der Waals surface area contributed by atoms with Crippen molar-refractivity contribution >= 4 is 11.4 Å². The minimum Gasteiger partial charge on any atom is -0.489 e. The number of allylic oxidation sites excluding steroid dienone is 2. The molecule has 2 aliphatic rings. The summed E-state index contributed by atoms with van der Waals surface area (Å²) in [5.41, 5.74) is 6.51. The Morgan fingerprint density at radius 2 is 1.78 bits per heavy atom. The number of nitrogens with zero attached hydrogens (tertiary/aromatic N) is 1. The van der Waals surface area contributed by atoms with Gasteiger partial charge in [0.15, 0.2) is 0 Å². The van der Waals surface area contributed by atoms with E-state index in [0.717, 1.165) is 34.5 Å². The number of fused-ring (bicyclic) bond motifs is 3. The van der Waals surface area contributed by atoms with E-state index in [2.05, 4.69) is 60.8 Å². The zero-order chi connectivity index (χ0) is 22.2. The molecule has 3 atom stereocenters. The highest BCUT2D eigenvalue weighted by atomic mass is 16.6. The highest BCUT2D eigenvalue weighted by molar-refractivity contribution is 5.70. The smallest absolute Gasteiger partial charge is 0.275 e. The number of nitrogens with one attached hydrogen (secondary N) is 1. The number of anilines is 1. The van der Waals surface area contributed by atoms with Gasteiger partial charge < -0.3 is 10.1 Å². The van der Waals surface area contributed by atoms with Crippen LogP contribution in [0.15, 0.2) is 72.8 Å². The summed E-state index contributed by atoms with van der Waals surface area (Å²) in [5, 5.41) is 15.3. The van der Waals surface area contributed by atoms with Crippen molar-refractivity contribution in [1.82, 2.24) is 0 Å². The molecule has 5 rings (SSSR count). The molecule has 5 heteroatoms. The van der Waals surface area contributed by atoms with Crippen LogP contribution in [0.5, 0.6) is 5.75 Å². The van der Waals surface area contributed by atoms with Crippen molar-refractivity contribution in [2.45, 2.75) is 38.8 Å². The van der Waals surface area contributed by atoms with Crippen molar-refractivity contribution in [2.75, 3.05) is 5.32 Å². The van der Waals surface area contributed by atoms with Crippen LogP contribution in [-0.2, 0) is 6.61 Å². The van der Waals surface area contributed by atoms with Gasteiger partial charge >= 0.3 is 0 Å². The Morgan fingerprint density at radius 1 is 1.03 bits per heavy atom. The third-order valence-electron chi connectivity index (χ3n) is 6.67. The summed E-state index contributed by atoms with van der Waals surface area (Å²) >= 11 is 0. The number of benzene rings is 3. The summed E-state index contributed by atoms with van der Waals surface area (Å²) in [6.07, 6.45) is 5.20. The molecule has 0 radical (unpaired) electrons. The summed E-state index contributed by atoms with van der Waals surface area (Å²) in [5.74, 6) is 1.13. The zero-order valence-electron chi connectivity index (χ0n) is 18.2. The van der Waals surface area contributed by atoms with Gasteiger partial charge in [0, 0.05) is 17.7 Å². The predicted octanol–water partition coefficient (Wildman–Crippen LogP) is 6.62. The van der Waals surface area contributed by atoms with Gasteiger partial charge in [0.05, 0.1) is 16.5 Å². The summed E-state index contributed by atoms with van der Waals surface area (Å²) in [7, 11) is 0. The lowest BCUT2D eigenvalue weighted by Gasteiger charge is -2.38. The fourth-order valence-corrected chi connectivity index (χ4v) is 4.95. The SMILES string of the molecule is Cc1ccc(COc2ccc([C@H]3Nc4c(C)ccc([N+](=O)[O-])c4C4C=CCC43)cc2)cc1. The first-order valence-electron chi connectivity index (χ1n) is 11.0. The molecule has 1 N–H and O–H groups in total. The quantitative estimate of drug-likeness (QED) is 0.283. The third kappa shape index (κ3) is 3.64. The van der Waals surface area contributed by atoms with E-state index in [1.807, 2.05) is 25.1 Å². The van der Waals surface area contributed by atoms with Crippen molar-refractivity contribution in [3.63, 3.8) is 0 Å². The Morgan fingerprint density at radius 3 is 2.50 bits per heavy atom. The summed E-state index contributed by atoms with van der Waals surface area (Å²) in [6, 6.07) is 20.2. The maximum atomic E-state index is 11.7. The van der Waals surface area contributed by atoms with Gasteiger partial charge in [-0.3, -0.25) is 10.1 Å². The number of rotatable bonds is 5. The first-order valence-corrected chi connectivity index (χ1v) is 11.0. The Hall–Kier alpha value is -3.60. The van der Waals surface area contributed by atoms with Crippen LogP contribution in [0.25, 0.3) is 0 Å². The Labute approximate surface area is 187 Å². The highest BCUT2D eigenvalue weighted by Crippen LogP contribution is 2.53. The maximum Gasteiger partial charge on any atom is 0.275 e. The lowest BCUT2D eigenvalue weighted by Crippen LogP contribution is -2.30. The second-order valence-electron chi connectivity index (χ2n) is 8.77. The molecule has 0 saturated heterocycles. The van der Waals surface area contributed by atoms with E-state index < -0.39 is 0 Å². The first-order chi connectivity index (χ1) is 15.5. The lowest BCUT2D eigenvalue weighted by molar-refractivity contribution is -0.385. The number of nitro groups is 1. The fraction of sp³-hybridized carbons (Fsp3) is 0.259. The van der Waals surface area contributed by atoms with Gasteiger partial charge in [-0.15, -0.1) is 0 Å². The van der Waals surface area contributed by atoms with Crippen LogP contribution in [0.2, 0.25) is 0 Å². The van der Waals surface area contributed by atoms with Crippen LogP contribution in [0, 0.1) is 29.9 Å². The second-order valence-corrected chi connectivity index (χ2v) is 8.77. The molecule has 1 aliphatic carbocycles. The predicted molar refractivity (Wildman–Crippen MR) is 126 cm³/mol. The van der Waals surface area contributed by atoms with Crippen molar-refractivity contribution in [3.05, 3.63) is 111 Å². The minimum absolute atomic E-state index is 0.0500. The summed E-state index contributed by atoms with van der Waals surface area (Å²) in [4.78, 5) is 11.4. The van der Waals surface area contributed by atoms with E-state index in [1.54, 1.807) is 6.07 Å². The Kier molecular flexibility index (Phi) is 5.17. The average Bonchev–Trinajstić information content (AvgIpc) is 3.29. The average molecular weight is 427 g/mol. The topological polar surface area (TPSA) is 64.4 Å². The molecular formula is C27H26N2O3. The zero-order valence-corrected chi connectivity index (χ0v) is 18.2. The van der Waals surface area contributed by atoms with E-state index in [9.17, 15) is 10.1 Å². The van der Waals surface area contributed by atoms with Gasteiger partial charge in [0.2, 0.25) is 0 Å². The largest absolute Gasteiger partial charge is 0.489 e. The molecule has 32 heavy (non-hydrogen) atoms. The van der Waals surface area contributed by atoms with Crippen molar-refractivity contribution in [1.29, 1.82) is 0 Å². The molecule has 0 fully saturated rings. The standard InChI is InChI=1S/C27H26N2O3/c1-17-6-9-19(10-7-17)16-32-21-13-11-20(12-14-21)27-23-5-3-4-22(23)25-24(29(30)31)15-8-18(2)26(25)28-27/h3-4,6-15,22-23,27-28H,5,16H2,1-2H3/t22?,23?,27-/m1/s1. The van der Waals surface area contributed by atoms with Crippen LogP contribution in [0.1, 0.15) is 46.2 Å². The molecular weight excluding hydrogens is 400 g/mol. The van der Waals surface area contributed by atoms with E-state index in [4.69, 9.17) is 4.74 Å². The molecule has 3 aromatic rings. The number of hydrogen-bond donors (Lipinski definition) is 1. The Balaban J connectivity index is 1.39. The number of hydrogen-bond acceptors (Lipinski definition) is 4. The molecule has 0 saturated carbocycles. The van der Waals surface area contributed by atoms with Gasteiger partial charge in [0.1, 0.15) is 12.4 Å². The molecule has 162 valence electrons. The number of aryl methyl sites for hydroxylation is 2. The molecule has 0 spiro atoms. The monoisotopic (exact) mass is 426 g/mol. The highest BCUT2D eigenvalue weighted by Gasteiger charge is 2.42. The molecule has 0 aromatic heterocycles. The molecule has 2 unspecified atom stereocenters. The van der Waals surface area contributed by atoms with Crippen LogP contribution in [0.3, 0.4) is 0 Å². The number of ether oxygens (including phenoxy) is 1. The van der Waals surface area contributed by atoms with Crippen LogP contribution >= 0.6 is 0 Å². The van der Waals surface area contributed by atoms with Gasteiger partial charge in [-0.05, 0) is 55.0 Å². The Bertz CT molecular complexity index is 1180. The van der Waals surface area contributed by atoms with Crippen molar-refractivity contribution in [3.8, 4) is 5.75 Å². The molecule has 0 bridgehead atoms. The number of nitro benzene ring substituents is 1. The van der Waals surface area contributed by atoms with E-state index in [0.29, 0.717) is 6.61 Å². The van der Waals surface area contributed by atoms with Gasteiger partial charge in [-0.25, -0.2) is 0 Å². The normalized spacial score (nSPS) is 20.9. The van der Waals surface area contributed by atoms with Crippen LogP contribution in [-0.4, -0.2) is 4.92 Å². The van der Waals surface area contributed by atoms with E-state index in [-0.39, 0.29) is 28.5 Å². The van der Waals surface area contributed by atoms with Gasteiger partial charge in [-0.2, -0.15) is 0 Å². The van der Waals surface area contributed by atoms with Crippen LogP contribution in [0.4, 0.5) is 11.4 Å².